The normalized spacial score (nSPS) is 11.3. The van der Waals surface area contributed by atoms with Gasteiger partial charge in [0.2, 0.25) is 0 Å². The molecule has 15 heavy (non-hydrogen) atoms. The van der Waals surface area contributed by atoms with Crippen LogP contribution < -0.4 is 16.0 Å². The van der Waals surface area contributed by atoms with Gasteiger partial charge in [-0.2, -0.15) is 0 Å². The molecular formula is C11H18N2O2. The summed E-state index contributed by atoms with van der Waals surface area (Å²) in [6, 6.07) is 3.69. The topological polar surface area (TPSA) is 67.5 Å². The molecule has 1 aromatic rings. The third-order valence-electron chi connectivity index (χ3n) is 2.31. The van der Waals surface area contributed by atoms with Gasteiger partial charge >= 0.3 is 0 Å². The van der Waals surface area contributed by atoms with Gasteiger partial charge in [-0.3, -0.25) is 10.7 Å². The summed E-state index contributed by atoms with van der Waals surface area (Å²) in [5.74, 6) is 0.463. The average Bonchev–Trinajstić information content (AvgIpc) is 2.15. The van der Waals surface area contributed by atoms with Gasteiger partial charge in [-0.05, 0) is 23.1 Å². The van der Waals surface area contributed by atoms with E-state index in [-0.39, 0.29) is 5.41 Å². The number of nitrogens with one attached hydrogen (secondary N) is 1. The van der Waals surface area contributed by atoms with Gasteiger partial charge in [0.1, 0.15) is 5.69 Å². The summed E-state index contributed by atoms with van der Waals surface area (Å²) in [7, 11) is 1.52. The molecule has 0 aliphatic heterocycles. The van der Waals surface area contributed by atoms with Crippen molar-refractivity contribution in [2.75, 3.05) is 18.3 Å². The fourth-order valence-electron chi connectivity index (χ4n) is 1.40. The van der Waals surface area contributed by atoms with Crippen molar-refractivity contribution in [3.05, 3.63) is 17.7 Å². The molecule has 84 valence electrons. The van der Waals surface area contributed by atoms with Crippen LogP contribution in [0.1, 0.15) is 26.3 Å². The van der Waals surface area contributed by atoms with E-state index in [1.165, 1.54) is 7.11 Å². The van der Waals surface area contributed by atoms with E-state index in [0.29, 0.717) is 17.1 Å². The lowest BCUT2D eigenvalue weighted by Gasteiger charge is -2.21. The van der Waals surface area contributed by atoms with Gasteiger partial charge in [0.05, 0.1) is 12.8 Å². The molecular weight excluding hydrogens is 192 g/mol. The van der Waals surface area contributed by atoms with E-state index in [1.54, 1.807) is 0 Å². The van der Waals surface area contributed by atoms with Gasteiger partial charge < -0.3 is 10.5 Å². The van der Waals surface area contributed by atoms with E-state index >= 15 is 0 Å². The smallest absolute Gasteiger partial charge is 0.167 e. The molecule has 0 amide bonds. The van der Waals surface area contributed by atoms with Crippen LogP contribution >= 0.6 is 0 Å². The first-order chi connectivity index (χ1) is 6.90. The van der Waals surface area contributed by atoms with E-state index in [4.69, 9.17) is 15.7 Å². The van der Waals surface area contributed by atoms with Crippen LogP contribution in [-0.4, -0.2) is 12.3 Å². The summed E-state index contributed by atoms with van der Waals surface area (Å²) in [5, 5.41) is 8.98. The highest BCUT2D eigenvalue weighted by Crippen LogP contribution is 2.36. The Morgan fingerprint density at radius 1 is 1.33 bits per heavy atom. The van der Waals surface area contributed by atoms with Crippen molar-refractivity contribution in [2.24, 2.45) is 0 Å². The molecule has 0 bridgehead atoms. The van der Waals surface area contributed by atoms with Crippen molar-refractivity contribution in [3.8, 4) is 5.75 Å². The van der Waals surface area contributed by atoms with E-state index in [0.717, 1.165) is 5.56 Å². The highest BCUT2D eigenvalue weighted by Gasteiger charge is 2.18. The molecule has 0 aromatic heterocycles. The fraction of sp³-hybridized carbons (Fsp3) is 0.455. The predicted molar refractivity (Wildman–Crippen MR) is 61.5 cm³/mol. The second-order valence-electron chi connectivity index (χ2n) is 4.51. The van der Waals surface area contributed by atoms with Crippen molar-refractivity contribution in [2.45, 2.75) is 26.2 Å². The summed E-state index contributed by atoms with van der Waals surface area (Å²) < 4.78 is 5.09. The van der Waals surface area contributed by atoms with Crippen molar-refractivity contribution in [3.63, 3.8) is 0 Å². The second-order valence-corrected chi connectivity index (χ2v) is 4.51. The monoisotopic (exact) mass is 210 g/mol. The predicted octanol–water partition coefficient (Wildman–Crippen LogP) is 2.38. The van der Waals surface area contributed by atoms with Crippen LogP contribution in [0.3, 0.4) is 0 Å². The molecule has 1 aromatic carbocycles. The lowest BCUT2D eigenvalue weighted by atomic mass is 9.86. The Bertz CT molecular complexity index is 356. The van der Waals surface area contributed by atoms with Crippen molar-refractivity contribution in [1.29, 1.82) is 0 Å². The lowest BCUT2D eigenvalue weighted by Crippen LogP contribution is -2.12. The zero-order valence-corrected chi connectivity index (χ0v) is 9.59. The maximum atomic E-state index is 8.98. The number of nitrogen functional groups attached to an aromatic ring is 1. The van der Waals surface area contributed by atoms with Crippen LogP contribution in [0.5, 0.6) is 5.75 Å². The molecule has 0 aliphatic carbocycles. The summed E-state index contributed by atoms with van der Waals surface area (Å²) in [6.07, 6.45) is 0. The highest BCUT2D eigenvalue weighted by atomic mass is 16.5. The SMILES string of the molecule is COc1c(N)cc(C(C)(C)C)cc1NO. The van der Waals surface area contributed by atoms with Crippen LogP contribution in [0.2, 0.25) is 0 Å². The van der Waals surface area contributed by atoms with Crippen molar-refractivity contribution >= 4 is 11.4 Å². The van der Waals surface area contributed by atoms with Gasteiger partial charge in [0, 0.05) is 0 Å². The molecule has 4 heteroatoms. The number of anilines is 2. The Morgan fingerprint density at radius 3 is 2.33 bits per heavy atom. The van der Waals surface area contributed by atoms with Crippen molar-refractivity contribution in [1.82, 2.24) is 0 Å². The van der Waals surface area contributed by atoms with Gasteiger partial charge in [-0.25, -0.2) is 0 Å². The van der Waals surface area contributed by atoms with Crippen LogP contribution in [-0.2, 0) is 5.41 Å². The minimum atomic E-state index is -0.0218. The van der Waals surface area contributed by atoms with E-state index in [1.807, 2.05) is 12.1 Å². The quantitative estimate of drug-likeness (QED) is 0.518. The number of hydrogen-bond acceptors (Lipinski definition) is 4. The van der Waals surface area contributed by atoms with Crippen LogP contribution in [0.4, 0.5) is 11.4 Å². The summed E-state index contributed by atoms with van der Waals surface area (Å²) in [6.45, 7) is 6.24. The average molecular weight is 210 g/mol. The summed E-state index contributed by atoms with van der Waals surface area (Å²) in [4.78, 5) is 0. The molecule has 0 saturated carbocycles. The van der Waals surface area contributed by atoms with Crippen LogP contribution in [0.15, 0.2) is 12.1 Å². The largest absolute Gasteiger partial charge is 0.492 e. The molecule has 0 saturated heterocycles. The van der Waals surface area contributed by atoms with E-state index in [2.05, 4.69) is 26.3 Å². The number of rotatable bonds is 2. The van der Waals surface area contributed by atoms with Gasteiger partial charge in [0.25, 0.3) is 0 Å². The Kier molecular flexibility index (Phi) is 3.09. The van der Waals surface area contributed by atoms with Crippen LogP contribution in [0.25, 0.3) is 0 Å². The van der Waals surface area contributed by atoms with E-state index < -0.39 is 0 Å². The Hall–Kier alpha value is -1.42. The molecule has 0 heterocycles. The Morgan fingerprint density at radius 2 is 1.93 bits per heavy atom. The molecule has 0 unspecified atom stereocenters. The van der Waals surface area contributed by atoms with Gasteiger partial charge in [-0.15, -0.1) is 0 Å². The minimum Gasteiger partial charge on any atom is -0.492 e. The number of methoxy groups -OCH3 is 1. The molecule has 0 atom stereocenters. The first kappa shape index (κ1) is 11.7. The third kappa shape index (κ3) is 2.33. The highest BCUT2D eigenvalue weighted by molar-refractivity contribution is 5.70. The zero-order valence-electron chi connectivity index (χ0n) is 9.59. The zero-order chi connectivity index (χ0) is 11.6. The lowest BCUT2D eigenvalue weighted by molar-refractivity contribution is 0.373. The molecule has 1 rings (SSSR count). The fourth-order valence-corrected chi connectivity index (χ4v) is 1.40. The Labute approximate surface area is 90.0 Å². The third-order valence-corrected chi connectivity index (χ3v) is 2.31. The molecule has 0 aliphatic rings. The number of benzene rings is 1. The standard InChI is InChI=1S/C11H18N2O2/c1-11(2,3)7-5-8(12)10(15-4)9(6-7)13-14/h5-6,13-14H,12H2,1-4H3. The van der Waals surface area contributed by atoms with Gasteiger partial charge in [0.15, 0.2) is 5.75 Å². The van der Waals surface area contributed by atoms with Gasteiger partial charge in [-0.1, -0.05) is 20.8 Å². The van der Waals surface area contributed by atoms with Crippen molar-refractivity contribution < 1.29 is 9.94 Å². The van der Waals surface area contributed by atoms with Crippen LogP contribution in [0, 0.1) is 0 Å². The minimum absolute atomic E-state index is 0.0218. The summed E-state index contributed by atoms with van der Waals surface area (Å²) >= 11 is 0. The maximum Gasteiger partial charge on any atom is 0.167 e. The molecule has 0 spiro atoms. The number of nitrogens with two attached hydrogens (primary N) is 1. The Balaban J connectivity index is 3.32. The number of hydrogen-bond donors (Lipinski definition) is 3. The number of ether oxygens (including phenoxy) is 1. The maximum absolute atomic E-state index is 8.98. The first-order valence-electron chi connectivity index (χ1n) is 4.78. The van der Waals surface area contributed by atoms with E-state index in [9.17, 15) is 0 Å². The molecule has 0 fully saturated rings. The molecule has 0 radical (unpaired) electrons. The molecule has 4 N–H and O–H groups in total. The summed E-state index contributed by atoms with van der Waals surface area (Å²) in [5.41, 5.74) is 9.94. The molecule has 4 nitrogen and oxygen atoms in total. The first-order valence-corrected chi connectivity index (χ1v) is 4.78. The second kappa shape index (κ2) is 3.98.